The summed E-state index contributed by atoms with van der Waals surface area (Å²) < 4.78 is 24.2. The number of para-hydroxylation sites is 1. The molecule has 0 saturated carbocycles. The smallest absolute Gasteiger partial charge is 0.148 e. The normalized spacial score (nSPS) is 10.3. The van der Waals surface area contributed by atoms with Crippen LogP contribution >= 0.6 is 0 Å². The van der Waals surface area contributed by atoms with Crippen LogP contribution in [0.5, 0.6) is 5.75 Å². The van der Waals surface area contributed by atoms with Crippen LogP contribution in [0.2, 0.25) is 0 Å². The second-order valence-corrected chi connectivity index (χ2v) is 4.29. The Morgan fingerprint density at radius 1 is 1.15 bits per heavy atom. The summed E-state index contributed by atoms with van der Waals surface area (Å²) in [6.45, 7) is 0.441. The van der Waals surface area contributed by atoms with E-state index in [1.54, 1.807) is 7.11 Å². The van der Waals surface area contributed by atoms with Crippen molar-refractivity contribution in [2.24, 2.45) is 0 Å². The van der Waals surface area contributed by atoms with Crippen molar-refractivity contribution in [3.63, 3.8) is 0 Å². The molecule has 0 fully saturated rings. The molecule has 0 heterocycles. The van der Waals surface area contributed by atoms with Gasteiger partial charge in [-0.25, -0.2) is 4.39 Å². The van der Waals surface area contributed by atoms with Gasteiger partial charge in [0.1, 0.15) is 11.6 Å². The number of nitrogens with two attached hydrogens (primary N) is 1. The number of hydrogen-bond acceptors (Lipinski definition) is 4. The van der Waals surface area contributed by atoms with Gasteiger partial charge in [-0.1, -0.05) is 18.2 Å². The lowest BCUT2D eigenvalue weighted by Gasteiger charge is -2.14. The van der Waals surface area contributed by atoms with Gasteiger partial charge >= 0.3 is 0 Å². The number of anilines is 3. The van der Waals surface area contributed by atoms with E-state index in [0.29, 0.717) is 18.0 Å². The van der Waals surface area contributed by atoms with Gasteiger partial charge in [-0.05, 0) is 6.07 Å². The second-order valence-electron chi connectivity index (χ2n) is 4.29. The summed E-state index contributed by atoms with van der Waals surface area (Å²) in [4.78, 5) is 0. The van der Waals surface area contributed by atoms with Crippen LogP contribution in [0.25, 0.3) is 0 Å². The summed E-state index contributed by atoms with van der Waals surface area (Å²) in [7, 11) is 3.11. The van der Waals surface area contributed by atoms with Crippen molar-refractivity contribution in [2.45, 2.75) is 6.61 Å². The molecule has 0 atom stereocenters. The third kappa shape index (κ3) is 3.00. The maximum absolute atomic E-state index is 13.9. The summed E-state index contributed by atoms with van der Waals surface area (Å²) in [5, 5.41) is 3.04. The average molecular weight is 276 g/mol. The lowest BCUT2D eigenvalue weighted by molar-refractivity contribution is 0.185. The van der Waals surface area contributed by atoms with Crippen LogP contribution in [0.3, 0.4) is 0 Å². The standard InChI is InChI=1S/C15H17FN2O2/c1-19-9-10-5-3-4-6-13(10)18-14-8-15(20-2)12(17)7-11(14)16/h3-8,18H,9,17H2,1-2H3. The Hall–Kier alpha value is -2.27. The van der Waals surface area contributed by atoms with Crippen molar-refractivity contribution in [3.8, 4) is 5.75 Å². The van der Waals surface area contributed by atoms with Gasteiger partial charge < -0.3 is 20.5 Å². The molecule has 0 aliphatic rings. The van der Waals surface area contributed by atoms with Gasteiger partial charge in [-0.15, -0.1) is 0 Å². The van der Waals surface area contributed by atoms with E-state index in [-0.39, 0.29) is 5.69 Å². The fourth-order valence-electron chi connectivity index (χ4n) is 1.91. The monoisotopic (exact) mass is 276 g/mol. The fraction of sp³-hybridized carbons (Fsp3) is 0.200. The molecule has 0 saturated heterocycles. The Morgan fingerprint density at radius 3 is 2.60 bits per heavy atom. The predicted molar refractivity (Wildman–Crippen MR) is 77.8 cm³/mol. The zero-order valence-electron chi connectivity index (χ0n) is 11.4. The van der Waals surface area contributed by atoms with Crippen LogP contribution in [-0.4, -0.2) is 14.2 Å². The molecule has 2 aromatic carbocycles. The number of benzene rings is 2. The van der Waals surface area contributed by atoms with Crippen LogP contribution in [0.4, 0.5) is 21.5 Å². The number of halogens is 1. The molecule has 0 aromatic heterocycles. The molecule has 0 spiro atoms. The Bertz CT molecular complexity index is 602. The van der Waals surface area contributed by atoms with Crippen molar-refractivity contribution >= 4 is 17.1 Å². The van der Waals surface area contributed by atoms with Crippen molar-refractivity contribution in [1.82, 2.24) is 0 Å². The largest absolute Gasteiger partial charge is 0.495 e. The first-order chi connectivity index (χ1) is 9.65. The molecule has 20 heavy (non-hydrogen) atoms. The highest BCUT2D eigenvalue weighted by Gasteiger charge is 2.10. The zero-order chi connectivity index (χ0) is 14.5. The molecule has 0 unspecified atom stereocenters. The Kier molecular flexibility index (Phi) is 4.42. The molecule has 0 aliphatic carbocycles. The highest BCUT2D eigenvalue weighted by molar-refractivity contribution is 5.69. The maximum atomic E-state index is 13.9. The molecule has 0 bridgehead atoms. The third-order valence-electron chi connectivity index (χ3n) is 2.91. The SMILES string of the molecule is COCc1ccccc1Nc1cc(OC)c(N)cc1F. The number of nitrogens with one attached hydrogen (secondary N) is 1. The molecule has 0 aliphatic heterocycles. The number of nitrogen functional groups attached to an aromatic ring is 1. The van der Waals surface area contributed by atoms with Gasteiger partial charge in [0.2, 0.25) is 0 Å². The van der Waals surface area contributed by atoms with Gasteiger partial charge in [-0.3, -0.25) is 0 Å². The lowest BCUT2D eigenvalue weighted by atomic mass is 10.1. The van der Waals surface area contributed by atoms with Crippen molar-refractivity contribution < 1.29 is 13.9 Å². The van der Waals surface area contributed by atoms with Crippen LogP contribution in [0.1, 0.15) is 5.56 Å². The van der Waals surface area contributed by atoms with Crippen LogP contribution < -0.4 is 15.8 Å². The quantitative estimate of drug-likeness (QED) is 0.823. The average Bonchev–Trinajstić information content (AvgIpc) is 2.44. The molecule has 106 valence electrons. The van der Waals surface area contributed by atoms with Crippen molar-refractivity contribution in [3.05, 3.63) is 47.8 Å². The van der Waals surface area contributed by atoms with E-state index in [0.717, 1.165) is 11.3 Å². The van der Waals surface area contributed by atoms with E-state index >= 15 is 0 Å². The fourth-order valence-corrected chi connectivity index (χ4v) is 1.91. The first-order valence-electron chi connectivity index (χ1n) is 6.12. The highest BCUT2D eigenvalue weighted by atomic mass is 19.1. The van der Waals surface area contributed by atoms with Crippen LogP contribution in [0.15, 0.2) is 36.4 Å². The highest BCUT2D eigenvalue weighted by Crippen LogP contribution is 2.31. The molecule has 3 N–H and O–H groups in total. The van der Waals surface area contributed by atoms with Crippen LogP contribution in [-0.2, 0) is 11.3 Å². The summed E-state index contributed by atoms with van der Waals surface area (Å²) in [6.07, 6.45) is 0. The molecule has 0 amide bonds. The number of ether oxygens (including phenoxy) is 2. The minimum atomic E-state index is -0.435. The third-order valence-corrected chi connectivity index (χ3v) is 2.91. The van der Waals surface area contributed by atoms with E-state index in [2.05, 4.69) is 5.32 Å². The van der Waals surface area contributed by atoms with Crippen molar-refractivity contribution in [2.75, 3.05) is 25.3 Å². The number of methoxy groups -OCH3 is 2. The van der Waals surface area contributed by atoms with E-state index < -0.39 is 5.82 Å². The molecule has 2 aromatic rings. The van der Waals surface area contributed by atoms with Gasteiger partial charge in [0.05, 0.1) is 25.1 Å². The first kappa shape index (κ1) is 14.1. The molecular formula is C15H17FN2O2. The molecule has 4 nitrogen and oxygen atoms in total. The molecule has 0 radical (unpaired) electrons. The second kappa shape index (κ2) is 6.25. The zero-order valence-corrected chi connectivity index (χ0v) is 11.4. The van der Waals surface area contributed by atoms with E-state index in [1.165, 1.54) is 19.2 Å². The van der Waals surface area contributed by atoms with E-state index in [1.807, 2.05) is 24.3 Å². The number of rotatable bonds is 5. The summed E-state index contributed by atoms with van der Waals surface area (Å²) in [5.74, 6) is -0.00589. The lowest BCUT2D eigenvalue weighted by Crippen LogP contribution is -2.01. The summed E-state index contributed by atoms with van der Waals surface area (Å²) >= 11 is 0. The molecule has 2 rings (SSSR count). The van der Waals surface area contributed by atoms with E-state index in [9.17, 15) is 4.39 Å². The van der Waals surface area contributed by atoms with Gasteiger partial charge in [-0.2, -0.15) is 0 Å². The van der Waals surface area contributed by atoms with Gasteiger partial charge in [0.25, 0.3) is 0 Å². The number of hydrogen-bond donors (Lipinski definition) is 2. The predicted octanol–water partition coefficient (Wildman–Crippen LogP) is 3.31. The minimum Gasteiger partial charge on any atom is -0.495 e. The minimum absolute atomic E-state index is 0.265. The summed E-state index contributed by atoms with van der Waals surface area (Å²) in [6, 6.07) is 10.3. The Balaban J connectivity index is 2.35. The summed E-state index contributed by atoms with van der Waals surface area (Å²) in [5.41, 5.74) is 7.94. The molecular weight excluding hydrogens is 259 g/mol. The Morgan fingerprint density at radius 2 is 1.90 bits per heavy atom. The molecule has 5 heteroatoms. The Labute approximate surface area is 117 Å². The van der Waals surface area contributed by atoms with Crippen molar-refractivity contribution in [1.29, 1.82) is 0 Å². The van der Waals surface area contributed by atoms with E-state index in [4.69, 9.17) is 15.2 Å². The van der Waals surface area contributed by atoms with Gasteiger partial charge in [0, 0.05) is 30.5 Å². The first-order valence-corrected chi connectivity index (χ1v) is 6.12. The van der Waals surface area contributed by atoms with Gasteiger partial charge in [0.15, 0.2) is 0 Å². The topological polar surface area (TPSA) is 56.5 Å². The maximum Gasteiger partial charge on any atom is 0.148 e. The van der Waals surface area contributed by atoms with Crippen LogP contribution in [0, 0.1) is 5.82 Å².